The molecule has 0 amide bonds. The van der Waals surface area contributed by atoms with E-state index >= 15 is 0 Å². The van der Waals surface area contributed by atoms with Gasteiger partial charge in [0.25, 0.3) is 0 Å². The molecule has 2 bridgehead atoms. The third kappa shape index (κ3) is 0.611. The first-order chi connectivity index (χ1) is 4.73. The Morgan fingerprint density at radius 3 is 2.70 bits per heavy atom. The summed E-state index contributed by atoms with van der Waals surface area (Å²) in [5, 5.41) is 12.0. The topological polar surface area (TPSA) is 49.3 Å². The fourth-order valence-corrected chi connectivity index (χ4v) is 2.07. The first-order valence-electron chi connectivity index (χ1n) is 3.70. The molecular weight excluding hydrogens is 130 g/mol. The van der Waals surface area contributed by atoms with E-state index in [1.54, 1.807) is 0 Å². The van der Waals surface area contributed by atoms with E-state index in [2.05, 4.69) is 5.32 Å². The van der Waals surface area contributed by atoms with E-state index in [4.69, 9.17) is 5.11 Å². The molecule has 3 nitrogen and oxygen atoms in total. The van der Waals surface area contributed by atoms with Crippen molar-refractivity contribution in [2.45, 2.75) is 25.3 Å². The molecule has 0 radical (unpaired) electrons. The van der Waals surface area contributed by atoms with Crippen molar-refractivity contribution >= 4 is 5.97 Å². The molecule has 0 unspecified atom stereocenters. The highest BCUT2D eigenvalue weighted by Gasteiger charge is 2.50. The Balaban J connectivity index is 2.23. The smallest absolute Gasteiger partial charge is 0.310 e. The van der Waals surface area contributed by atoms with Crippen molar-refractivity contribution in [3.8, 4) is 0 Å². The van der Waals surface area contributed by atoms with Crippen molar-refractivity contribution < 1.29 is 9.90 Å². The Morgan fingerprint density at radius 1 is 1.70 bits per heavy atom. The highest BCUT2D eigenvalue weighted by molar-refractivity contribution is 5.76. The maximum Gasteiger partial charge on any atom is 0.310 e. The van der Waals surface area contributed by atoms with Crippen molar-refractivity contribution in [2.24, 2.45) is 5.41 Å². The summed E-state index contributed by atoms with van der Waals surface area (Å²) in [6.07, 6.45) is 2.77. The molecule has 3 heteroatoms. The van der Waals surface area contributed by atoms with Gasteiger partial charge in [0.2, 0.25) is 0 Å². The van der Waals surface area contributed by atoms with E-state index in [-0.39, 0.29) is 5.41 Å². The third-order valence-corrected chi connectivity index (χ3v) is 2.79. The zero-order valence-electron chi connectivity index (χ0n) is 5.76. The second kappa shape index (κ2) is 1.72. The molecule has 1 heterocycles. The average molecular weight is 141 g/mol. The summed E-state index contributed by atoms with van der Waals surface area (Å²) < 4.78 is 0. The van der Waals surface area contributed by atoms with Gasteiger partial charge in [0.15, 0.2) is 0 Å². The number of hydrogen-bond acceptors (Lipinski definition) is 2. The minimum Gasteiger partial charge on any atom is -0.481 e. The van der Waals surface area contributed by atoms with Gasteiger partial charge in [-0.2, -0.15) is 0 Å². The van der Waals surface area contributed by atoms with Crippen molar-refractivity contribution in [3.05, 3.63) is 0 Å². The van der Waals surface area contributed by atoms with Crippen LogP contribution in [0.3, 0.4) is 0 Å². The summed E-state index contributed by atoms with van der Waals surface area (Å²) >= 11 is 0. The fourth-order valence-electron chi connectivity index (χ4n) is 2.07. The Hall–Kier alpha value is -0.570. The van der Waals surface area contributed by atoms with Crippen LogP contribution in [0.2, 0.25) is 0 Å². The second-order valence-corrected chi connectivity index (χ2v) is 3.41. The number of hydrogen-bond donors (Lipinski definition) is 2. The van der Waals surface area contributed by atoms with Crippen molar-refractivity contribution in [1.29, 1.82) is 0 Å². The van der Waals surface area contributed by atoms with Gasteiger partial charge in [0.05, 0.1) is 5.41 Å². The Bertz CT molecular complexity index is 170. The monoisotopic (exact) mass is 141 g/mol. The lowest BCUT2D eigenvalue weighted by Crippen LogP contribution is -2.35. The summed E-state index contributed by atoms with van der Waals surface area (Å²) in [5.74, 6) is -0.611. The Kier molecular flexibility index (Phi) is 1.06. The van der Waals surface area contributed by atoms with Crippen LogP contribution in [-0.4, -0.2) is 23.7 Å². The molecule has 2 N–H and O–H groups in total. The van der Waals surface area contributed by atoms with Crippen molar-refractivity contribution in [1.82, 2.24) is 5.32 Å². The quantitative estimate of drug-likeness (QED) is 0.549. The molecule has 0 spiro atoms. The van der Waals surface area contributed by atoms with Crippen LogP contribution < -0.4 is 5.32 Å². The van der Waals surface area contributed by atoms with Crippen LogP contribution in [0, 0.1) is 5.41 Å². The van der Waals surface area contributed by atoms with Crippen LogP contribution in [-0.2, 0) is 4.79 Å². The molecule has 2 fully saturated rings. The van der Waals surface area contributed by atoms with Crippen LogP contribution in [0.4, 0.5) is 0 Å². The van der Waals surface area contributed by atoms with Crippen molar-refractivity contribution in [2.75, 3.05) is 6.54 Å². The summed E-state index contributed by atoms with van der Waals surface area (Å²) in [7, 11) is 0. The number of carboxylic acids is 1. The predicted molar refractivity (Wildman–Crippen MR) is 35.7 cm³/mol. The van der Waals surface area contributed by atoms with Crippen molar-refractivity contribution in [3.63, 3.8) is 0 Å². The summed E-state index contributed by atoms with van der Waals surface area (Å²) in [4.78, 5) is 10.7. The van der Waals surface area contributed by atoms with E-state index < -0.39 is 5.97 Å². The maximum atomic E-state index is 10.7. The first kappa shape index (κ1) is 6.16. The molecule has 56 valence electrons. The summed E-state index contributed by atoms with van der Waals surface area (Å²) in [6.45, 7) is 0.687. The maximum absolute atomic E-state index is 10.7. The van der Waals surface area contributed by atoms with Gasteiger partial charge in [-0.3, -0.25) is 4.79 Å². The molecule has 1 saturated heterocycles. The molecule has 0 aromatic rings. The normalized spacial score (nSPS) is 44.2. The molecule has 2 atom stereocenters. The summed E-state index contributed by atoms with van der Waals surface area (Å²) in [5.41, 5.74) is -0.384. The molecule has 1 aliphatic carbocycles. The number of rotatable bonds is 1. The SMILES string of the molecule is O=C(O)[C@@]12CC[C@H](C1)NC2. The van der Waals surface area contributed by atoms with E-state index in [0.717, 1.165) is 19.3 Å². The third-order valence-electron chi connectivity index (χ3n) is 2.79. The standard InChI is InChI=1S/C7H11NO2/c9-6(10)7-2-1-5(3-7)8-4-7/h5,8H,1-4H2,(H,9,10)/t5-,7+/m1/s1. The number of nitrogens with one attached hydrogen (secondary N) is 1. The lowest BCUT2D eigenvalue weighted by molar-refractivity contribution is -0.147. The minimum absolute atomic E-state index is 0.384. The van der Waals surface area contributed by atoms with Gasteiger partial charge in [-0.15, -0.1) is 0 Å². The molecule has 1 aliphatic heterocycles. The fraction of sp³-hybridized carbons (Fsp3) is 0.857. The lowest BCUT2D eigenvalue weighted by Gasteiger charge is -2.20. The minimum atomic E-state index is -0.611. The number of aliphatic carboxylic acids is 1. The first-order valence-corrected chi connectivity index (χ1v) is 3.70. The number of piperidine rings is 1. The second-order valence-electron chi connectivity index (χ2n) is 3.41. The highest BCUT2D eigenvalue weighted by atomic mass is 16.4. The van der Waals surface area contributed by atoms with Crippen LogP contribution in [0.15, 0.2) is 0 Å². The zero-order valence-corrected chi connectivity index (χ0v) is 5.76. The molecule has 0 aromatic carbocycles. The van der Waals surface area contributed by atoms with E-state index in [1.165, 1.54) is 0 Å². The van der Waals surface area contributed by atoms with Crippen LogP contribution in [0.1, 0.15) is 19.3 Å². The Labute approximate surface area is 59.4 Å². The van der Waals surface area contributed by atoms with Crippen LogP contribution in [0.5, 0.6) is 0 Å². The Morgan fingerprint density at radius 2 is 2.50 bits per heavy atom. The molecular formula is C7H11NO2. The molecule has 0 aromatic heterocycles. The largest absolute Gasteiger partial charge is 0.481 e. The van der Waals surface area contributed by atoms with Gasteiger partial charge in [0, 0.05) is 12.6 Å². The predicted octanol–water partition coefficient (Wildman–Crippen LogP) is 0.213. The molecule has 1 saturated carbocycles. The molecule has 10 heavy (non-hydrogen) atoms. The highest BCUT2D eigenvalue weighted by Crippen LogP contribution is 2.42. The van der Waals surface area contributed by atoms with Crippen LogP contribution >= 0.6 is 0 Å². The van der Waals surface area contributed by atoms with E-state index in [1.807, 2.05) is 0 Å². The van der Waals surface area contributed by atoms with Gasteiger partial charge < -0.3 is 10.4 Å². The number of carboxylic acid groups (broad SMARTS) is 1. The van der Waals surface area contributed by atoms with Gasteiger partial charge in [-0.25, -0.2) is 0 Å². The van der Waals surface area contributed by atoms with E-state index in [0.29, 0.717) is 12.6 Å². The number of carbonyl (C=O) groups is 1. The molecule has 2 rings (SSSR count). The molecule has 2 aliphatic rings. The van der Waals surface area contributed by atoms with E-state index in [9.17, 15) is 4.79 Å². The average Bonchev–Trinajstić information content (AvgIpc) is 2.45. The van der Waals surface area contributed by atoms with Gasteiger partial charge >= 0.3 is 5.97 Å². The van der Waals surface area contributed by atoms with Gasteiger partial charge in [0.1, 0.15) is 0 Å². The number of fused-ring (bicyclic) bond motifs is 2. The lowest BCUT2D eigenvalue weighted by atomic mass is 9.88. The van der Waals surface area contributed by atoms with Crippen LogP contribution in [0.25, 0.3) is 0 Å². The van der Waals surface area contributed by atoms with Gasteiger partial charge in [-0.05, 0) is 19.3 Å². The van der Waals surface area contributed by atoms with Gasteiger partial charge in [-0.1, -0.05) is 0 Å². The zero-order chi connectivity index (χ0) is 7.19. The summed E-state index contributed by atoms with van der Waals surface area (Å²) in [6, 6.07) is 0.496.